The lowest BCUT2D eigenvalue weighted by atomic mass is 10.2. The number of amides is 1. The molecule has 1 aromatic rings. The van der Waals surface area contributed by atoms with Crippen molar-refractivity contribution in [2.24, 2.45) is 0 Å². The molecule has 0 aliphatic heterocycles. The second-order valence-electron chi connectivity index (χ2n) is 3.79. The standard InChI is InChI=1S/C12H17BrN2O2/c1-9-3-4-10(7-15-9)12(16)14-6-5-11(13)8-17-2/h3-4,7,11H,5-6,8H2,1-2H3,(H,14,16). The smallest absolute Gasteiger partial charge is 0.252 e. The number of hydrogen-bond donors (Lipinski definition) is 1. The van der Waals surface area contributed by atoms with Gasteiger partial charge >= 0.3 is 0 Å². The number of halogens is 1. The van der Waals surface area contributed by atoms with Gasteiger partial charge in [-0.3, -0.25) is 9.78 Å². The first-order valence-corrected chi connectivity index (χ1v) is 6.39. The van der Waals surface area contributed by atoms with Crippen LogP contribution in [-0.2, 0) is 4.74 Å². The summed E-state index contributed by atoms with van der Waals surface area (Å²) in [4.78, 5) is 16.0. The second kappa shape index (κ2) is 7.40. The van der Waals surface area contributed by atoms with E-state index in [0.29, 0.717) is 18.7 Å². The van der Waals surface area contributed by atoms with Crippen LogP contribution in [0.25, 0.3) is 0 Å². The minimum absolute atomic E-state index is 0.0883. The Bertz CT molecular complexity index is 354. The van der Waals surface area contributed by atoms with Crippen LogP contribution in [0.1, 0.15) is 22.5 Å². The number of ether oxygens (including phenoxy) is 1. The third kappa shape index (κ3) is 5.28. The Morgan fingerprint density at radius 3 is 2.94 bits per heavy atom. The van der Waals surface area contributed by atoms with E-state index >= 15 is 0 Å². The van der Waals surface area contributed by atoms with E-state index < -0.39 is 0 Å². The fourth-order valence-corrected chi connectivity index (χ4v) is 1.80. The van der Waals surface area contributed by atoms with Gasteiger partial charge in [0.05, 0.1) is 12.2 Å². The molecule has 0 saturated heterocycles. The van der Waals surface area contributed by atoms with E-state index in [1.54, 1.807) is 19.4 Å². The summed E-state index contributed by atoms with van der Waals surface area (Å²) in [6, 6.07) is 3.60. The zero-order valence-electron chi connectivity index (χ0n) is 10.1. The molecule has 1 aromatic heterocycles. The number of nitrogens with one attached hydrogen (secondary N) is 1. The van der Waals surface area contributed by atoms with Crippen molar-refractivity contribution >= 4 is 21.8 Å². The highest BCUT2D eigenvalue weighted by atomic mass is 79.9. The summed E-state index contributed by atoms with van der Waals surface area (Å²) >= 11 is 3.47. The van der Waals surface area contributed by atoms with Crippen LogP contribution in [-0.4, -0.2) is 36.0 Å². The largest absolute Gasteiger partial charge is 0.384 e. The maximum atomic E-state index is 11.7. The summed E-state index contributed by atoms with van der Waals surface area (Å²) in [5.74, 6) is -0.0883. The quantitative estimate of drug-likeness (QED) is 0.817. The van der Waals surface area contributed by atoms with Crippen LogP contribution < -0.4 is 5.32 Å². The van der Waals surface area contributed by atoms with Crippen molar-refractivity contribution in [3.8, 4) is 0 Å². The van der Waals surface area contributed by atoms with Gasteiger partial charge in [-0.15, -0.1) is 0 Å². The number of methoxy groups -OCH3 is 1. The number of rotatable bonds is 6. The molecular weight excluding hydrogens is 284 g/mol. The number of carbonyl (C=O) groups is 1. The zero-order valence-corrected chi connectivity index (χ0v) is 11.7. The van der Waals surface area contributed by atoms with E-state index in [0.717, 1.165) is 12.1 Å². The van der Waals surface area contributed by atoms with Crippen LogP contribution in [0.2, 0.25) is 0 Å². The third-order valence-corrected chi connectivity index (χ3v) is 2.99. The van der Waals surface area contributed by atoms with Crippen LogP contribution in [0.4, 0.5) is 0 Å². The van der Waals surface area contributed by atoms with Gasteiger partial charge in [0.15, 0.2) is 0 Å². The normalized spacial score (nSPS) is 12.2. The van der Waals surface area contributed by atoms with Crippen molar-refractivity contribution in [2.45, 2.75) is 18.2 Å². The summed E-state index contributed by atoms with van der Waals surface area (Å²) in [7, 11) is 1.66. The number of pyridine rings is 1. The average molecular weight is 301 g/mol. The summed E-state index contributed by atoms with van der Waals surface area (Å²) < 4.78 is 4.99. The van der Waals surface area contributed by atoms with E-state index in [2.05, 4.69) is 26.2 Å². The van der Waals surface area contributed by atoms with Crippen molar-refractivity contribution in [3.63, 3.8) is 0 Å². The monoisotopic (exact) mass is 300 g/mol. The van der Waals surface area contributed by atoms with Gasteiger partial charge in [-0.05, 0) is 25.5 Å². The summed E-state index contributed by atoms with van der Waals surface area (Å²) in [5.41, 5.74) is 1.50. The topological polar surface area (TPSA) is 51.2 Å². The molecule has 0 aliphatic carbocycles. The molecule has 1 N–H and O–H groups in total. The molecule has 0 fully saturated rings. The van der Waals surface area contributed by atoms with E-state index in [9.17, 15) is 4.79 Å². The number of nitrogens with zero attached hydrogens (tertiary/aromatic N) is 1. The minimum Gasteiger partial charge on any atom is -0.384 e. The first-order valence-electron chi connectivity index (χ1n) is 5.47. The molecule has 17 heavy (non-hydrogen) atoms. The highest BCUT2D eigenvalue weighted by molar-refractivity contribution is 9.09. The number of hydrogen-bond acceptors (Lipinski definition) is 3. The predicted octanol–water partition coefficient (Wildman–Crippen LogP) is 1.92. The Balaban J connectivity index is 2.32. The fourth-order valence-electron chi connectivity index (χ4n) is 1.31. The molecule has 94 valence electrons. The molecule has 0 bridgehead atoms. The number of aryl methyl sites for hydroxylation is 1. The molecule has 1 unspecified atom stereocenters. The summed E-state index contributed by atoms with van der Waals surface area (Å²) in [5, 5.41) is 2.84. The van der Waals surface area contributed by atoms with Gasteiger partial charge in [0, 0.05) is 30.4 Å². The third-order valence-electron chi connectivity index (χ3n) is 2.26. The van der Waals surface area contributed by atoms with E-state index in [-0.39, 0.29) is 10.7 Å². The lowest BCUT2D eigenvalue weighted by molar-refractivity contribution is 0.0951. The SMILES string of the molecule is COCC(Br)CCNC(=O)c1ccc(C)nc1. The number of alkyl halides is 1. The Morgan fingerprint density at radius 2 is 2.35 bits per heavy atom. The van der Waals surface area contributed by atoms with Crippen molar-refractivity contribution in [1.29, 1.82) is 0 Å². The minimum atomic E-state index is -0.0883. The molecule has 0 radical (unpaired) electrons. The van der Waals surface area contributed by atoms with E-state index in [4.69, 9.17) is 4.74 Å². The molecule has 1 heterocycles. The molecule has 1 rings (SSSR count). The average Bonchev–Trinajstić information content (AvgIpc) is 2.30. The number of carbonyl (C=O) groups excluding carboxylic acids is 1. The first kappa shape index (κ1) is 14.1. The van der Waals surface area contributed by atoms with Gasteiger partial charge in [-0.1, -0.05) is 15.9 Å². The van der Waals surface area contributed by atoms with Crippen LogP contribution in [0.15, 0.2) is 18.3 Å². The van der Waals surface area contributed by atoms with Gasteiger partial charge in [-0.2, -0.15) is 0 Å². The molecule has 1 amide bonds. The molecule has 0 spiro atoms. The Hall–Kier alpha value is -0.940. The van der Waals surface area contributed by atoms with Gasteiger partial charge in [0.25, 0.3) is 5.91 Å². The highest BCUT2D eigenvalue weighted by Gasteiger charge is 2.07. The first-order chi connectivity index (χ1) is 8.13. The second-order valence-corrected chi connectivity index (χ2v) is 5.08. The zero-order chi connectivity index (χ0) is 12.7. The maximum Gasteiger partial charge on any atom is 0.252 e. The van der Waals surface area contributed by atoms with Gasteiger partial charge in [-0.25, -0.2) is 0 Å². The predicted molar refractivity (Wildman–Crippen MR) is 70.5 cm³/mol. The molecule has 0 aliphatic rings. The molecule has 0 aromatic carbocycles. The summed E-state index contributed by atoms with van der Waals surface area (Å²) in [6.07, 6.45) is 2.42. The molecule has 5 heteroatoms. The Labute approximate surface area is 110 Å². The van der Waals surface area contributed by atoms with Crippen LogP contribution in [0.3, 0.4) is 0 Å². The van der Waals surface area contributed by atoms with Crippen molar-refractivity contribution in [3.05, 3.63) is 29.6 Å². The van der Waals surface area contributed by atoms with Crippen molar-refractivity contribution in [1.82, 2.24) is 10.3 Å². The van der Waals surface area contributed by atoms with Gasteiger partial charge < -0.3 is 10.1 Å². The molecule has 0 saturated carbocycles. The van der Waals surface area contributed by atoms with Crippen molar-refractivity contribution < 1.29 is 9.53 Å². The van der Waals surface area contributed by atoms with Gasteiger partial charge in [0.2, 0.25) is 0 Å². The molecule has 1 atom stereocenters. The van der Waals surface area contributed by atoms with E-state index in [1.807, 2.05) is 13.0 Å². The fraction of sp³-hybridized carbons (Fsp3) is 0.500. The van der Waals surface area contributed by atoms with E-state index in [1.165, 1.54) is 0 Å². The lowest BCUT2D eigenvalue weighted by Crippen LogP contribution is -2.27. The van der Waals surface area contributed by atoms with Crippen LogP contribution >= 0.6 is 15.9 Å². The molecular formula is C12H17BrN2O2. The van der Waals surface area contributed by atoms with Crippen molar-refractivity contribution in [2.75, 3.05) is 20.3 Å². The summed E-state index contributed by atoms with van der Waals surface area (Å²) in [6.45, 7) is 3.15. The van der Waals surface area contributed by atoms with Crippen LogP contribution in [0, 0.1) is 6.92 Å². The lowest BCUT2D eigenvalue weighted by Gasteiger charge is -2.09. The highest BCUT2D eigenvalue weighted by Crippen LogP contribution is 2.04. The Kier molecular flexibility index (Phi) is 6.15. The molecule has 4 nitrogen and oxygen atoms in total. The number of aromatic nitrogens is 1. The van der Waals surface area contributed by atoms with Gasteiger partial charge in [0.1, 0.15) is 0 Å². The maximum absolute atomic E-state index is 11.7. The Morgan fingerprint density at radius 1 is 1.59 bits per heavy atom. The van der Waals surface area contributed by atoms with Crippen LogP contribution in [0.5, 0.6) is 0 Å².